The first-order valence-corrected chi connectivity index (χ1v) is 9.69. The molecule has 8 aliphatic rings. The van der Waals surface area contributed by atoms with E-state index in [4.69, 9.17) is 0 Å². The molecule has 1 spiro atoms. The second-order valence-electron chi connectivity index (χ2n) is 10.5. The summed E-state index contributed by atoms with van der Waals surface area (Å²) in [7, 11) is 0. The molecule has 0 aromatic rings. The Labute approximate surface area is 133 Å². The quantitative estimate of drug-likeness (QED) is 0.622. The van der Waals surface area contributed by atoms with Crippen LogP contribution in [0.15, 0.2) is 0 Å². The Kier molecular flexibility index (Phi) is 2.05. The van der Waals surface area contributed by atoms with Gasteiger partial charge in [0.25, 0.3) is 0 Å². The van der Waals surface area contributed by atoms with Crippen LogP contribution in [0.1, 0.15) is 46.0 Å². The van der Waals surface area contributed by atoms with Crippen LogP contribution in [0, 0.1) is 34.5 Å². The van der Waals surface area contributed by atoms with Gasteiger partial charge in [-0.3, -0.25) is 14.6 Å². The lowest BCUT2D eigenvalue weighted by Crippen LogP contribution is -3.51. The summed E-state index contributed by atoms with van der Waals surface area (Å²) in [4.78, 5) is 16.7. The minimum atomic E-state index is -0.0180. The number of nitrogens with one attached hydrogen (secondary N) is 2. The molecule has 0 unspecified atom stereocenters. The largest absolute Gasteiger partial charge is 0.297 e. The maximum absolute atomic E-state index is 13.0. The molecule has 0 amide bonds. The van der Waals surface area contributed by atoms with Gasteiger partial charge in [-0.05, 0) is 57.8 Å². The van der Waals surface area contributed by atoms with E-state index in [2.05, 4.69) is 13.8 Å². The van der Waals surface area contributed by atoms with Gasteiger partial charge in [-0.25, -0.2) is 0 Å². The Morgan fingerprint density at radius 3 is 1.59 bits per heavy atom. The molecule has 0 radical (unpaired) electrons. The van der Waals surface area contributed by atoms with Gasteiger partial charge in [0.05, 0.1) is 38.0 Å². The number of ketones is 1. The van der Waals surface area contributed by atoms with E-state index in [-0.39, 0.29) is 10.8 Å². The Morgan fingerprint density at radius 2 is 1.18 bits per heavy atom. The predicted molar refractivity (Wildman–Crippen MR) is 82.4 cm³/mol. The molecule has 120 valence electrons. The molecule has 2 N–H and O–H groups in total. The summed E-state index contributed by atoms with van der Waals surface area (Å²) in [5.41, 5.74) is 0.485. The Hall–Kier alpha value is -0.410. The molecule has 22 heavy (non-hydrogen) atoms. The normalized spacial score (nSPS) is 67.5. The summed E-state index contributed by atoms with van der Waals surface area (Å²) in [6.07, 6.45) is 7.60. The van der Waals surface area contributed by atoms with E-state index in [1.54, 1.807) is 6.42 Å². The van der Waals surface area contributed by atoms with Gasteiger partial charge in [0.15, 0.2) is 5.78 Å². The van der Waals surface area contributed by atoms with Gasteiger partial charge >= 0.3 is 0 Å². The minimum Gasteiger partial charge on any atom is -0.297 e. The molecule has 8 bridgehead atoms. The fourth-order valence-electron chi connectivity index (χ4n) is 9.10. The molecule has 3 heteroatoms. The number of quaternary nitrogens is 2. The minimum absolute atomic E-state index is 0.0180. The number of rotatable bonds is 0. The Bertz CT molecular complexity index is 512. The van der Waals surface area contributed by atoms with Crippen molar-refractivity contribution >= 4 is 5.78 Å². The monoisotopic (exact) mass is 302 g/mol. The smallest absolute Gasteiger partial charge is 0.228 e. The average Bonchev–Trinajstić information content (AvgIpc) is 2.42. The van der Waals surface area contributed by atoms with Crippen LogP contribution in [0.25, 0.3) is 0 Å². The summed E-state index contributed by atoms with van der Waals surface area (Å²) < 4.78 is 0. The number of hydrogen-bond donors (Lipinski definition) is 2. The molecule has 0 aromatic heterocycles. The molecule has 4 heterocycles. The van der Waals surface area contributed by atoms with Crippen molar-refractivity contribution < 1.29 is 14.6 Å². The fourth-order valence-corrected chi connectivity index (χ4v) is 9.10. The Morgan fingerprint density at radius 1 is 0.773 bits per heavy atom. The molecule has 3 nitrogen and oxygen atoms in total. The van der Waals surface area contributed by atoms with E-state index in [0.717, 1.165) is 49.9 Å². The van der Waals surface area contributed by atoms with Crippen LogP contribution in [0.3, 0.4) is 0 Å². The highest BCUT2D eigenvalue weighted by Gasteiger charge is 2.79. The van der Waals surface area contributed by atoms with Gasteiger partial charge < -0.3 is 0 Å². The standard InChI is InChI=1S/C19H28N2O/c1-17-8-20-10-18(2,16(17)22)11-21(9-17)19(20)14-4-12-3-13(6-14)7-15(19)5-12/h12-15H,3-11H2,1-2H3/p+2. The summed E-state index contributed by atoms with van der Waals surface area (Å²) in [6.45, 7) is 9.16. The summed E-state index contributed by atoms with van der Waals surface area (Å²) in [5, 5.41) is 0. The first-order valence-electron chi connectivity index (χ1n) is 9.69. The maximum Gasteiger partial charge on any atom is 0.228 e. The van der Waals surface area contributed by atoms with E-state index < -0.39 is 0 Å². The number of carbonyl (C=O) groups excluding carboxylic acids is 1. The lowest BCUT2D eigenvalue weighted by molar-refractivity contribution is -1.21. The van der Waals surface area contributed by atoms with Crippen LogP contribution in [0.2, 0.25) is 0 Å². The second-order valence-corrected chi connectivity index (χ2v) is 10.5. The van der Waals surface area contributed by atoms with Crippen molar-refractivity contribution in [1.29, 1.82) is 0 Å². The van der Waals surface area contributed by atoms with Gasteiger partial charge in [-0.1, -0.05) is 0 Å². The highest BCUT2D eigenvalue weighted by atomic mass is 16.1. The van der Waals surface area contributed by atoms with Gasteiger partial charge in [-0.15, -0.1) is 0 Å². The lowest BCUT2D eigenvalue weighted by Gasteiger charge is -2.71. The van der Waals surface area contributed by atoms with E-state index in [0.29, 0.717) is 11.4 Å². The topological polar surface area (TPSA) is 26.0 Å². The second kappa shape index (κ2) is 3.49. The van der Waals surface area contributed by atoms with Gasteiger partial charge in [0.2, 0.25) is 5.66 Å². The highest BCUT2D eigenvalue weighted by molar-refractivity contribution is 5.91. The zero-order chi connectivity index (χ0) is 14.9. The third-order valence-electron chi connectivity index (χ3n) is 9.11. The van der Waals surface area contributed by atoms with Crippen LogP contribution in [-0.4, -0.2) is 37.6 Å². The molecule has 8 rings (SSSR count). The van der Waals surface area contributed by atoms with Crippen LogP contribution in [0.4, 0.5) is 0 Å². The highest BCUT2D eigenvalue weighted by Crippen LogP contribution is 2.57. The van der Waals surface area contributed by atoms with E-state index in [9.17, 15) is 4.79 Å². The van der Waals surface area contributed by atoms with Gasteiger partial charge in [-0.2, -0.15) is 0 Å². The third kappa shape index (κ3) is 1.18. The van der Waals surface area contributed by atoms with Crippen molar-refractivity contribution in [3.05, 3.63) is 0 Å². The van der Waals surface area contributed by atoms with Crippen molar-refractivity contribution in [2.24, 2.45) is 34.5 Å². The zero-order valence-corrected chi connectivity index (χ0v) is 14.1. The zero-order valence-electron chi connectivity index (χ0n) is 14.1. The van der Waals surface area contributed by atoms with Crippen molar-refractivity contribution in [2.75, 3.05) is 26.2 Å². The third-order valence-corrected chi connectivity index (χ3v) is 9.11. The van der Waals surface area contributed by atoms with Crippen LogP contribution in [0.5, 0.6) is 0 Å². The van der Waals surface area contributed by atoms with E-state index >= 15 is 0 Å². The van der Waals surface area contributed by atoms with Crippen LogP contribution < -0.4 is 9.80 Å². The first kappa shape index (κ1) is 12.9. The van der Waals surface area contributed by atoms with E-state index in [1.807, 2.05) is 9.80 Å². The lowest BCUT2D eigenvalue weighted by atomic mass is 9.47. The molecular formula is C19H30N2O+2. The Balaban J connectivity index is 1.49. The van der Waals surface area contributed by atoms with Crippen LogP contribution >= 0.6 is 0 Å². The molecule has 4 saturated carbocycles. The van der Waals surface area contributed by atoms with Crippen LogP contribution in [-0.2, 0) is 4.79 Å². The fraction of sp³-hybridized carbons (Fsp3) is 0.947. The average molecular weight is 302 g/mol. The first-order chi connectivity index (χ1) is 10.4. The summed E-state index contributed by atoms with van der Waals surface area (Å²) in [6, 6.07) is 0. The maximum atomic E-state index is 13.0. The van der Waals surface area contributed by atoms with Crippen molar-refractivity contribution in [3.63, 3.8) is 0 Å². The number of carbonyl (C=O) groups is 1. The molecule has 4 saturated heterocycles. The molecule has 4 aliphatic carbocycles. The predicted octanol–water partition coefficient (Wildman–Crippen LogP) is -0.469. The SMILES string of the molecule is CC12C[NH+]3CC(C)(C[NH+](C1)C31C3CC4CC(C3)CC1C4)C2=O. The molecular weight excluding hydrogens is 272 g/mol. The van der Waals surface area contributed by atoms with E-state index in [1.165, 1.54) is 25.7 Å². The number of piperidine rings is 2. The van der Waals surface area contributed by atoms with Gasteiger partial charge in [0.1, 0.15) is 10.8 Å². The summed E-state index contributed by atoms with van der Waals surface area (Å²) in [5.74, 6) is 4.65. The van der Waals surface area contributed by atoms with Gasteiger partial charge in [0, 0.05) is 0 Å². The van der Waals surface area contributed by atoms with Crippen molar-refractivity contribution in [2.45, 2.75) is 51.6 Å². The summed E-state index contributed by atoms with van der Waals surface area (Å²) >= 11 is 0. The molecule has 0 aromatic carbocycles. The number of hydrogen-bond acceptors (Lipinski definition) is 1. The molecule has 4 aliphatic heterocycles. The molecule has 0 atom stereocenters. The number of Topliss-reactive ketones (excluding diaryl/α,β-unsaturated/α-hetero) is 1. The van der Waals surface area contributed by atoms with Crippen molar-refractivity contribution in [3.8, 4) is 0 Å². The molecule has 8 fully saturated rings. The van der Waals surface area contributed by atoms with Crippen molar-refractivity contribution in [1.82, 2.24) is 0 Å².